The molecule has 2 nitrogen and oxygen atoms in total. The summed E-state index contributed by atoms with van der Waals surface area (Å²) in [5, 5.41) is 2.02. The van der Waals surface area contributed by atoms with E-state index in [-0.39, 0.29) is 0 Å². The number of halogens is 3. The molecular formula is C19H21BF3N2S. The van der Waals surface area contributed by atoms with Crippen molar-refractivity contribution in [3.05, 3.63) is 69.9 Å². The van der Waals surface area contributed by atoms with Gasteiger partial charge in [-0.1, -0.05) is 43.0 Å². The summed E-state index contributed by atoms with van der Waals surface area (Å²) in [5.41, 5.74) is 2.52. The van der Waals surface area contributed by atoms with Gasteiger partial charge in [-0.05, 0) is 41.7 Å². The van der Waals surface area contributed by atoms with E-state index in [9.17, 15) is 13.2 Å². The molecule has 26 heavy (non-hydrogen) atoms. The number of hydrogen-bond donors (Lipinski definition) is 1. The number of aromatic nitrogens is 2. The van der Waals surface area contributed by atoms with Gasteiger partial charge in [0.25, 0.3) is 0 Å². The number of aromatic amines is 1. The maximum atomic E-state index is 12.6. The highest BCUT2D eigenvalue weighted by Crippen LogP contribution is 2.29. The van der Waals surface area contributed by atoms with Crippen LogP contribution < -0.4 is 5.46 Å². The van der Waals surface area contributed by atoms with Gasteiger partial charge in [0, 0.05) is 11.9 Å². The lowest BCUT2D eigenvalue weighted by atomic mass is 9.66. The standard InChI is InChI=1S/C14H13BF3S.C5H8N2/c1-10-13(6-8-19-10)15-7-5-11-3-2-4-12(9-11)14(16,17)18;1-2-5-3-6-4-7-5/h2-4,6,8-9H,5,7H2,1H3;3-4H,2H2,1H3,(H,6,7). The van der Waals surface area contributed by atoms with Crippen LogP contribution in [0.3, 0.4) is 0 Å². The number of nitrogens with one attached hydrogen (secondary N) is 1. The van der Waals surface area contributed by atoms with Gasteiger partial charge >= 0.3 is 6.18 Å². The fraction of sp³-hybridized carbons (Fsp3) is 0.316. The minimum absolute atomic E-state index is 0.572. The Bertz CT molecular complexity index is 782. The van der Waals surface area contributed by atoms with Crippen LogP contribution in [0.1, 0.15) is 28.6 Å². The van der Waals surface area contributed by atoms with E-state index in [1.165, 1.54) is 28.2 Å². The van der Waals surface area contributed by atoms with Crippen LogP contribution in [-0.2, 0) is 19.0 Å². The molecule has 0 aliphatic heterocycles. The van der Waals surface area contributed by atoms with E-state index in [1.807, 2.05) is 24.6 Å². The van der Waals surface area contributed by atoms with Crippen molar-refractivity contribution >= 4 is 24.1 Å². The van der Waals surface area contributed by atoms with Crippen molar-refractivity contribution in [1.29, 1.82) is 0 Å². The van der Waals surface area contributed by atoms with E-state index >= 15 is 0 Å². The second-order valence-electron chi connectivity index (χ2n) is 5.80. The predicted octanol–water partition coefficient (Wildman–Crippen LogP) is 5.04. The molecule has 137 valence electrons. The molecule has 3 aromatic rings. The Balaban J connectivity index is 0.000000290. The first kappa shape index (κ1) is 20.3. The van der Waals surface area contributed by atoms with Gasteiger partial charge in [-0.15, -0.1) is 11.3 Å². The molecule has 0 saturated heterocycles. The number of alkyl halides is 3. The zero-order chi connectivity index (χ0) is 19.0. The summed E-state index contributed by atoms with van der Waals surface area (Å²) in [4.78, 5) is 8.05. The Morgan fingerprint density at radius 2 is 2.04 bits per heavy atom. The molecule has 3 rings (SSSR count). The molecule has 0 amide bonds. The maximum Gasteiger partial charge on any atom is 0.416 e. The molecule has 0 unspecified atom stereocenters. The third-order valence-corrected chi connectivity index (χ3v) is 4.75. The van der Waals surface area contributed by atoms with Gasteiger partial charge in [0.15, 0.2) is 7.28 Å². The largest absolute Gasteiger partial charge is 0.416 e. The van der Waals surface area contributed by atoms with Gasteiger partial charge in [0.05, 0.1) is 11.9 Å². The zero-order valence-corrected chi connectivity index (χ0v) is 15.6. The van der Waals surface area contributed by atoms with E-state index in [4.69, 9.17) is 0 Å². The van der Waals surface area contributed by atoms with Crippen LogP contribution in [0.25, 0.3) is 0 Å². The topological polar surface area (TPSA) is 28.7 Å². The van der Waals surface area contributed by atoms with Crippen LogP contribution in [0.4, 0.5) is 13.2 Å². The summed E-state index contributed by atoms with van der Waals surface area (Å²) in [6.07, 6.45) is 1.68. The molecule has 0 fully saturated rings. The molecule has 0 aliphatic carbocycles. The summed E-state index contributed by atoms with van der Waals surface area (Å²) < 4.78 is 37.7. The van der Waals surface area contributed by atoms with Crippen molar-refractivity contribution in [2.24, 2.45) is 0 Å². The van der Waals surface area contributed by atoms with E-state index in [0.29, 0.717) is 6.42 Å². The number of H-pyrrole nitrogens is 1. The average molecular weight is 377 g/mol. The van der Waals surface area contributed by atoms with Crippen LogP contribution in [0.2, 0.25) is 6.32 Å². The highest BCUT2D eigenvalue weighted by atomic mass is 32.1. The second-order valence-corrected chi connectivity index (χ2v) is 6.92. The fourth-order valence-electron chi connectivity index (χ4n) is 2.38. The zero-order valence-electron chi connectivity index (χ0n) is 14.8. The lowest BCUT2D eigenvalue weighted by Crippen LogP contribution is -2.14. The number of nitrogens with zero attached hydrogens (tertiary/aromatic N) is 1. The highest BCUT2D eigenvalue weighted by Gasteiger charge is 2.30. The minimum atomic E-state index is -4.26. The number of imidazole rings is 1. The number of hydrogen-bond acceptors (Lipinski definition) is 2. The molecule has 0 aliphatic rings. The van der Waals surface area contributed by atoms with Gasteiger partial charge in [-0.25, -0.2) is 4.98 Å². The lowest BCUT2D eigenvalue weighted by molar-refractivity contribution is -0.137. The Morgan fingerprint density at radius 1 is 1.23 bits per heavy atom. The Morgan fingerprint density at radius 3 is 2.58 bits per heavy atom. The highest BCUT2D eigenvalue weighted by molar-refractivity contribution is 7.11. The Labute approximate surface area is 156 Å². The van der Waals surface area contributed by atoms with Gasteiger partial charge in [0.2, 0.25) is 0 Å². The minimum Gasteiger partial charge on any atom is -0.349 e. The molecule has 1 radical (unpaired) electrons. The number of benzene rings is 1. The molecule has 0 bridgehead atoms. The van der Waals surface area contributed by atoms with Crippen molar-refractivity contribution < 1.29 is 13.2 Å². The van der Waals surface area contributed by atoms with E-state index in [2.05, 4.69) is 24.2 Å². The van der Waals surface area contributed by atoms with E-state index < -0.39 is 11.7 Å². The number of thiophene rings is 1. The first-order valence-electron chi connectivity index (χ1n) is 8.41. The average Bonchev–Trinajstić information content (AvgIpc) is 3.27. The fourth-order valence-corrected chi connectivity index (χ4v) is 3.09. The smallest absolute Gasteiger partial charge is 0.349 e. The molecule has 0 saturated carbocycles. The molecule has 0 spiro atoms. The van der Waals surface area contributed by atoms with Crippen LogP contribution in [0.5, 0.6) is 0 Å². The third kappa shape index (κ3) is 6.37. The first-order valence-corrected chi connectivity index (χ1v) is 9.28. The van der Waals surface area contributed by atoms with Gasteiger partial charge in [-0.2, -0.15) is 13.2 Å². The van der Waals surface area contributed by atoms with E-state index in [1.54, 1.807) is 23.7 Å². The molecule has 0 atom stereocenters. The summed E-state index contributed by atoms with van der Waals surface area (Å²) >= 11 is 1.68. The predicted molar refractivity (Wildman–Crippen MR) is 102 cm³/mol. The molecule has 7 heteroatoms. The normalized spacial score (nSPS) is 11.0. The van der Waals surface area contributed by atoms with Gasteiger partial charge in [-0.3, -0.25) is 0 Å². The van der Waals surface area contributed by atoms with Crippen molar-refractivity contribution in [2.45, 2.75) is 39.2 Å². The first-order chi connectivity index (χ1) is 12.4. The SMILES string of the molecule is CCc1cnc[nH]1.Cc1sccc1[B]CCc1cccc(C(F)(F)F)c1. The van der Waals surface area contributed by atoms with E-state index in [0.717, 1.165) is 24.4 Å². The maximum absolute atomic E-state index is 12.6. The second kappa shape index (κ2) is 9.62. The quantitative estimate of drug-likeness (QED) is 0.621. The van der Waals surface area contributed by atoms with Crippen LogP contribution in [0, 0.1) is 6.92 Å². The third-order valence-electron chi connectivity index (χ3n) is 3.89. The monoisotopic (exact) mass is 377 g/mol. The summed E-state index contributed by atoms with van der Waals surface area (Å²) in [6, 6.07) is 7.58. The summed E-state index contributed by atoms with van der Waals surface area (Å²) in [6.45, 7) is 4.13. The van der Waals surface area contributed by atoms with Crippen LogP contribution in [-0.4, -0.2) is 17.2 Å². The molecule has 2 heterocycles. The molecular weight excluding hydrogens is 356 g/mol. The number of aryl methyl sites for hydroxylation is 3. The number of rotatable bonds is 5. The van der Waals surface area contributed by atoms with Crippen LogP contribution in [0.15, 0.2) is 48.2 Å². The van der Waals surface area contributed by atoms with Crippen molar-refractivity contribution in [1.82, 2.24) is 9.97 Å². The Kier molecular flexibility index (Phi) is 7.51. The summed E-state index contributed by atoms with van der Waals surface area (Å²) in [5.74, 6) is 0. The molecule has 1 N–H and O–H groups in total. The van der Waals surface area contributed by atoms with Gasteiger partial charge < -0.3 is 4.98 Å². The van der Waals surface area contributed by atoms with Crippen molar-refractivity contribution in [3.8, 4) is 0 Å². The van der Waals surface area contributed by atoms with Crippen molar-refractivity contribution in [3.63, 3.8) is 0 Å². The molecule has 2 aromatic heterocycles. The molecule has 1 aromatic carbocycles. The summed E-state index contributed by atoms with van der Waals surface area (Å²) in [7, 11) is 2.08. The van der Waals surface area contributed by atoms with Crippen LogP contribution >= 0.6 is 11.3 Å². The van der Waals surface area contributed by atoms with Crippen molar-refractivity contribution in [2.75, 3.05) is 0 Å². The lowest BCUT2D eigenvalue weighted by Gasteiger charge is -2.08. The Hall–Kier alpha value is -2.02. The van der Waals surface area contributed by atoms with Gasteiger partial charge in [0.1, 0.15) is 0 Å².